The Hall–Kier alpha value is -2.14. The first-order valence-corrected chi connectivity index (χ1v) is 6.50. The van der Waals surface area contributed by atoms with Crippen molar-refractivity contribution < 1.29 is 23.7 Å². The van der Waals surface area contributed by atoms with Crippen LogP contribution < -0.4 is 18.9 Å². The maximum absolute atomic E-state index is 11.4. The third kappa shape index (κ3) is 2.69. The number of benzene rings is 2. The van der Waals surface area contributed by atoms with Crippen LogP contribution in [0.4, 0.5) is 0 Å². The monoisotopic (exact) mass is 310 g/mol. The second-order valence-corrected chi connectivity index (χ2v) is 4.65. The van der Waals surface area contributed by atoms with Crippen molar-refractivity contribution in [1.29, 1.82) is 0 Å². The molecule has 0 bridgehead atoms. The normalized spacial score (nSPS) is 10.3. The minimum Gasteiger partial charge on any atom is -0.492 e. The molecule has 0 atom stereocenters. The van der Waals surface area contributed by atoms with Gasteiger partial charge in [-0.1, -0.05) is 11.6 Å². The molecule has 21 heavy (non-hydrogen) atoms. The van der Waals surface area contributed by atoms with Crippen LogP contribution in [-0.2, 0) is 4.79 Å². The zero-order valence-electron chi connectivity index (χ0n) is 12.2. The van der Waals surface area contributed by atoms with E-state index < -0.39 is 5.97 Å². The highest BCUT2D eigenvalue weighted by molar-refractivity contribution is 6.31. The van der Waals surface area contributed by atoms with Crippen molar-refractivity contribution in [2.24, 2.45) is 0 Å². The van der Waals surface area contributed by atoms with Gasteiger partial charge in [0.05, 0.1) is 21.3 Å². The third-order valence-corrected chi connectivity index (χ3v) is 3.18. The van der Waals surface area contributed by atoms with Crippen molar-refractivity contribution in [3.05, 3.63) is 23.2 Å². The summed E-state index contributed by atoms with van der Waals surface area (Å²) in [6, 6.07) is 5.17. The van der Waals surface area contributed by atoms with Crippen LogP contribution in [0.5, 0.6) is 23.0 Å². The molecule has 112 valence electrons. The Balaban J connectivity index is 2.94. The number of hydrogen-bond acceptors (Lipinski definition) is 5. The van der Waals surface area contributed by atoms with Crippen LogP contribution in [0, 0.1) is 0 Å². The van der Waals surface area contributed by atoms with Crippen molar-refractivity contribution in [1.82, 2.24) is 0 Å². The fourth-order valence-corrected chi connectivity index (χ4v) is 2.34. The molecule has 0 saturated heterocycles. The second kappa shape index (κ2) is 6.10. The molecule has 0 fully saturated rings. The largest absolute Gasteiger partial charge is 0.492 e. The van der Waals surface area contributed by atoms with Crippen LogP contribution in [0.1, 0.15) is 6.92 Å². The van der Waals surface area contributed by atoms with Crippen LogP contribution in [0.15, 0.2) is 18.2 Å². The molecule has 0 aliphatic heterocycles. The topological polar surface area (TPSA) is 54.0 Å². The molecule has 2 aromatic rings. The molecule has 0 aliphatic carbocycles. The summed E-state index contributed by atoms with van der Waals surface area (Å²) in [7, 11) is 4.47. The number of hydrogen-bond donors (Lipinski definition) is 0. The van der Waals surface area contributed by atoms with Crippen molar-refractivity contribution in [3.8, 4) is 23.0 Å². The first-order chi connectivity index (χ1) is 10.0. The van der Waals surface area contributed by atoms with E-state index in [4.69, 9.17) is 30.5 Å². The fourth-order valence-electron chi connectivity index (χ4n) is 2.17. The lowest BCUT2D eigenvalue weighted by molar-refractivity contribution is -0.131. The van der Waals surface area contributed by atoms with Crippen LogP contribution in [0.2, 0.25) is 5.02 Å². The van der Waals surface area contributed by atoms with E-state index in [2.05, 4.69) is 0 Å². The van der Waals surface area contributed by atoms with Crippen LogP contribution in [0.25, 0.3) is 10.8 Å². The molecule has 0 aliphatic rings. The van der Waals surface area contributed by atoms with E-state index in [1.165, 1.54) is 28.3 Å². The predicted octanol–water partition coefficient (Wildman–Crippen LogP) is 3.44. The van der Waals surface area contributed by atoms with Crippen LogP contribution in [-0.4, -0.2) is 27.3 Å². The van der Waals surface area contributed by atoms with E-state index >= 15 is 0 Å². The number of carbonyl (C=O) groups excluding carboxylic acids is 1. The Morgan fingerprint density at radius 1 is 0.905 bits per heavy atom. The molecule has 2 aromatic carbocycles. The number of halogens is 1. The highest BCUT2D eigenvalue weighted by atomic mass is 35.5. The summed E-state index contributed by atoms with van der Waals surface area (Å²) in [5, 5.41) is 1.81. The Morgan fingerprint density at radius 3 is 2.00 bits per heavy atom. The zero-order valence-corrected chi connectivity index (χ0v) is 12.9. The summed E-state index contributed by atoms with van der Waals surface area (Å²) in [6.45, 7) is 1.31. The molecule has 0 saturated carbocycles. The van der Waals surface area contributed by atoms with Crippen molar-refractivity contribution in [3.63, 3.8) is 0 Å². The van der Waals surface area contributed by atoms with Gasteiger partial charge in [-0.3, -0.25) is 4.79 Å². The number of fused-ring (bicyclic) bond motifs is 1. The molecule has 0 spiro atoms. The number of methoxy groups -OCH3 is 3. The summed E-state index contributed by atoms with van der Waals surface area (Å²) in [5.41, 5.74) is 0. The SMILES string of the molecule is COc1c(OC)c(OC(C)=O)c2cc(Cl)ccc2c1OC. The van der Waals surface area contributed by atoms with Gasteiger partial charge in [0.1, 0.15) is 0 Å². The quantitative estimate of drug-likeness (QED) is 0.639. The van der Waals surface area contributed by atoms with Gasteiger partial charge in [-0.25, -0.2) is 0 Å². The Morgan fingerprint density at radius 2 is 1.48 bits per heavy atom. The van der Waals surface area contributed by atoms with Crippen molar-refractivity contribution in [2.45, 2.75) is 6.92 Å². The zero-order chi connectivity index (χ0) is 15.6. The van der Waals surface area contributed by atoms with E-state index in [0.717, 1.165) is 0 Å². The van der Waals surface area contributed by atoms with E-state index in [9.17, 15) is 4.79 Å². The summed E-state index contributed by atoms with van der Waals surface area (Å²) in [5.74, 6) is 0.893. The lowest BCUT2D eigenvalue weighted by Gasteiger charge is -2.18. The van der Waals surface area contributed by atoms with E-state index in [1.54, 1.807) is 18.2 Å². The Labute approximate surface area is 127 Å². The Kier molecular flexibility index (Phi) is 4.43. The number of carbonyl (C=O) groups is 1. The molecular weight excluding hydrogens is 296 g/mol. The average molecular weight is 311 g/mol. The summed E-state index contributed by atoms with van der Waals surface area (Å²) in [6.07, 6.45) is 0. The highest BCUT2D eigenvalue weighted by Gasteiger charge is 2.24. The van der Waals surface area contributed by atoms with E-state index in [-0.39, 0.29) is 11.5 Å². The molecule has 0 radical (unpaired) electrons. The molecular formula is C15H15ClO5. The van der Waals surface area contributed by atoms with Crippen LogP contribution >= 0.6 is 11.6 Å². The van der Waals surface area contributed by atoms with Gasteiger partial charge < -0.3 is 18.9 Å². The molecule has 0 aromatic heterocycles. The summed E-state index contributed by atoms with van der Waals surface area (Å²) >= 11 is 6.04. The van der Waals surface area contributed by atoms with Gasteiger partial charge in [0.15, 0.2) is 11.5 Å². The highest BCUT2D eigenvalue weighted by Crippen LogP contribution is 2.51. The standard InChI is InChI=1S/C15H15ClO5/c1-8(17)21-13-11-7-9(16)5-6-10(11)12(18-2)14(19-3)15(13)20-4/h5-7H,1-4H3. The van der Waals surface area contributed by atoms with Gasteiger partial charge in [0.2, 0.25) is 11.5 Å². The van der Waals surface area contributed by atoms with Crippen molar-refractivity contribution in [2.75, 3.05) is 21.3 Å². The second-order valence-electron chi connectivity index (χ2n) is 4.21. The van der Waals surface area contributed by atoms with Gasteiger partial charge in [0.25, 0.3) is 0 Å². The molecule has 2 rings (SSSR count). The van der Waals surface area contributed by atoms with Gasteiger partial charge in [-0.15, -0.1) is 0 Å². The number of esters is 1. The summed E-state index contributed by atoms with van der Waals surface area (Å²) < 4.78 is 21.4. The molecule has 5 nitrogen and oxygen atoms in total. The van der Waals surface area contributed by atoms with Gasteiger partial charge in [-0.05, 0) is 18.2 Å². The van der Waals surface area contributed by atoms with Gasteiger partial charge in [-0.2, -0.15) is 0 Å². The summed E-state index contributed by atoms with van der Waals surface area (Å²) in [4.78, 5) is 11.4. The predicted molar refractivity (Wildman–Crippen MR) is 79.9 cm³/mol. The van der Waals surface area contributed by atoms with Crippen molar-refractivity contribution >= 4 is 28.3 Å². The fraction of sp³-hybridized carbons (Fsp3) is 0.267. The lowest BCUT2D eigenvalue weighted by atomic mass is 10.1. The minimum absolute atomic E-state index is 0.250. The first kappa shape index (κ1) is 15.3. The molecule has 0 heterocycles. The third-order valence-electron chi connectivity index (χ3n) is 2.95. The smallest absolute Gasteiger partial charge is 0.308 e. The number of rotatable bonds is 4. The molecule has 0 unspecified atom stereocenters. The van der Waals surface area contributed by atoms with Crippen LogP contribution in [0.3, 0.4) is 0 Å². The van der Waals surface area contributed by atoms with Gasteiger partial charge in [0, 0.05) is 22.7 Å². The average Bonchev–Trinajstić information content (AvgIpc) is 2.46. The molecule has 0 N–H and O–H groups in total. The molecule has 0 amide bonds. The molecule has 6 heteroatoms. The van der Waals surface area contributed by atoms with E-state index in [0.29, 0.717) is 27.3 Å². The maximum Gasteiger partial charge on any atom is 0.308 e. The maximum atomic E-state index is 11.4. The Bertz CT molecular complexity index is 696. The first-order valence-electron chi connectivity index (χ1n) is 6.13. The minimum atomic E-state index is -0.471. The van der Waals surface area contributed by atoms with E-state index in [1.807, 2.05) is 0 Å². The van der Waals surface area contributed by atoms with Gasteiger partial charge >= 0.3 is 5.97 Å². The number of ether oxygens (including phenoxy) is 4. The lowest BCUT2D eigenvalue weighted by Crippen LogP contribution is -2.06.